The first-order valence-electron chi connectivity index (χ1n) is 7.60. The molecule has 2 rings (SSSR count). The van der Waals surface area contributed by atoms with E-state index in [1.54, 1.807) is 10.9 Å². The Morgan fingerprint density at radius 2 is 2.00 bits per heavy atom. The molecule has 0 aliphatic heterocycles. The van der Waals surface area contributed by atoms with E-state index in [0.29, 0.717) is 11.5 Å². The molecule has 1 saturated carbocycles. The van der Waals surface area contributed by atoms with Crippen LogP contribution < -0.4 is 5.32 Å². The molecule has 2 atom stereocenters. The second kappa shape index (κ2) is 5.58. The minimum Gasteiger partial charge on any atom is -0.349 e. The van der Waals surface area contributed by atoms with Gasteiger partial charge in [0.1, 0.15) is 0 Å². The topological polar surface area (TPSA) is 46.9 Å². The zero-order valence-electron chi connectivity index (χ0n) is 13.4. The number of nitrogens with zero attached hydrogens (tertiary/aromatic N) is 2. The molecule has 1 aliphatic carbocycles. The van der Waals surface area contributed by atoms with Crippen LogP contribution in [0.1, 0.15) is 62.5 Å². The van der Waals surface area contributed by atoms with Gasteiger partial charge < -0.3 is 5.32 Å². The molecule has 1 aliphatic rings. The summed E-state index contributed by atoms with van der Waals surface area (Å²) in [5, 5.41) is 7.41. The molecule has 4 nitrogen and oxygen atoms in total. The highest BCUT2D eigenvalue weighted by atomic mass is 16.1. The van der Waals surface area contributed by atoms with Crippen molar-refractivity contribution in [2.75, 3.05) is 0 Å². The third-order valence-corrected chi connectivity index (χ3v) is 4.67. The van der Waals surface area contributed by atoms with Crippen LogP contribution in [0.5, 0.6) is 0 Å². The fourth-order valence-corrected chi connectivity index (χ4v) is 3.31. The molecule has 1 aromatic heterocycles. The molecule has 0 radical (unpaired) electrons. The van der Waals surface area contributed by atoms with Crippen LogP contribution in [0.15, 0.2) is 6.20 Å². The van der Waals surface area contributed by atoms with Crippen LogP contribution >= 0.6 is 0 Å². The summed E-state index contributed by atoms with van der Waals surface area (Å²) in [7, 11) is 1.87. The predicted octanol–water partition coefficient (Wildman–Crippen LogP) is 3.06. The van der Waals surface area contributed by atoms with Gasteiger partial charge in [0, 0.05) is 18.8 Å². The van der Waals surface area contributed by atoms with Crippen molar-refractivity contribution in [3.8, 4) is 0 Å². The number of carbonyl (C=O) groups excluding carboxylic acids is 1. The molecule has 1 amide bonds. The molecule has 1 N–H and O–H groups in total. The normalized spacial score (nSPS) is 23.6. The monoisotopic (exact) mass is 277 g/mol. The first-order chi connectivity index (χ1) is 9.30. The average molecular weight is 277 g/mol. The molecule has 0 aromatic carbocycles. The maximum absolute atomic E-state index is 12.5. The molecule has 1 fully saturated rings. The van der Waals surface area contributed by atoms with Crippen LogP contribution in [0.4, 0.5) is 0 Å². The minimum absolute atomic E-state index is 0.0248. The summed E-state index contributed by atoms with van der Waals surface area (Å²) in [6.07, 6.45) is 6.46. The lowest BCUT2D eigenvalue weighted by molar-refractivity contribution is 0.0829. The van der Waals surface area contributed by atoms with Crippen LogP contribution in [-0.2, 0) is 7.05 Å². The van der Waals surface area contributed by atoms with Crippen molar-refractivity contribution in [2.24, 2.45) is 18.4 Å². The lowest BCUT2D eigenvalue weighted by Crippen LogP contribution is -2.46. The summed E-state index contributed by atoms with van der Waals surface area (Å²) in [4.78, 5) is 12.5. The molecule has 1 aromatic rings. The number of aryl methyl sites for hydroxylation is 1. The van der Waals surface area contributed by atoms with Crippen molar-refractivity contribution in [3.05, 3.63) is 17.5 Å². The number of hydrogen-bond donors (Lipinski definition) is 1. The molecular weight excluding hydrogens is 250 g/mol. The summed E-state index contributed by atoms with van der Waals surface area (Å²) in [5.41, 5.74) is 1.86. The number of amides is 1. The summed E-state index contributed by atoms with van der Waals surface area (Å²) >= 11 is 0. The molecule has 0 saturated heterocycles. The summed E-state index contributed by atoms with van der Waals surface area (Å²) in [6, 6.07) is 0.288. The van der Waals surface area contributed by atoms with Crippen molar-refractivity contribution in [2.45, 2.75) is 59.4 Å². The quantitative estimate of drug-likeness (QED) is 0.903. The van der Waals surface area contributed by atoms with Crippen molar-refractivity contribution in [3.63, 3.8) is 0 Å². The van der Waals surface area contributed by atoms with Gasteiger partial charge in [0.2, 0.25) is 0 Å². The fraction of sp³-hybridized carbons (Fsp3) is 0.750. The van der Waals surface area contributed by atoms with Crippen molar-refractivity contribution in [1.82, 2.24) is 15.1 Å². The average Bonchev–Trinajstić information content (AvgIpc) is 2.69. The Morgan fingerprint density at radius 1 is 1.35 bits per heavy atom. The number of carbonyl (C=O) groups is 1. The van der Waals surface area contributed by atoms with Crippen LogP contribution in [0, 0.1) is 18.3 Å². The summed E-state index contributed by atoms with van der Waals surface area (Å²) in [6.45, 7) is 8.76. The minimum atomic E-state index is 0.0248. The van der Waals surface area contributed by atoms with Crippen LogP contribution in [-0.4, -0.2) is 21.7 Å². The Hall–Kier alpha value is -1.32. The molecule has 4 heteroatoms. The number of rotatable bonds is 2. The number of nitrogens with one attached hydrogen (secondary N) is 1. The Kier molecular flexibility index (Phi) is 4.21. The molecule has 20 heavy (non-hydrogen) atoms. The molecule has 0 spiro atoms. The van der Waals surface area contributed by atoms with E-state index in [1.807, 2.05) is 14.0 Å². The SMILES string of the molecule is Cc1c(C(=O)N[C@@H]2CCCC[C@H]2C(C)(C)C)cnn1C. The van der Waals surface area contributed by atoms with Gasteiger partial charge in [-0.3, -0.25) is 9.48 Å². The van der Waals surface area contributed by atoms with Gasteiger partial charge in [-0.05, 0) is 31.1 Å². The Labute approximate surface area is 121 Å². The lowest BCUT2D eigenvalue weighted by atomic mass is 9.69. The van der Waals surface area contributed by atoms with E-state index in [0.717, 1.165) is 12.1 Å². The van der Waals surface area contributed by atoms with Gasteiger partial charge in [-0.2, -0.15) is 5.10 Å². The molecule has 0 bridgehead atoms. The highest BCUT2D eigenvalue weighted by Gasteiger charge is 2.35. The first-order valence-corrected chi connectivity index (χ1v) is 7.60. The standard InChI is InChI=1S/C16H27N3O/c1-11-12(10-17-19(11)5)15(20)18-14-9-7-6-8-13(14)16(2,3)4/h10,13-14H,6-9H2,1-5H3,(H,18,20)/t13-,14-/m1/s1. The number of hydrogen-bond acceptors (Lipinski definition) is 2. The predicted molar refractivity (Wildman–Crippen MR) is 80.6 cm³/mol. The maximum Gasteiger partial charge on any atom is 0.254 e. The van der Waals surface area contributed by atoms with Crippen LogP contribution in [0.3, 0.4) is 0 Å². The van der Waals surface area contributed by atoms with Crippen molar-refractivity contribution < 1.29 is 4.79 Å². The summed E-state index contributed by atoms with van der Waals surface area (Å²) < 4.78 is 1.75. The molecule has 0 unspecified atom stereocenters. The molecular formula is C16H27N3O. The first kappa shape index (κ1) is 15.1. The van der Waals surface area contributed by atoms with E-state index in [9.17, 15) is 4.79 Å². The van der Waals surface area contributed by atoms with Crippen LogP contribution in [0.2, 0.25) is 0 Å². The van der Waals surface area contributed by atoms with E-state index < -0.39 is 0 Å². The van der Waals surface area contributed by atoms with Crippen molar-refractivity contribution in [1.29, 1.82) is 0 Å². The zero-order valence-corrected chi connectivity index (χ0v) is 13.4. The second-order valence-corrected chi connectivity index (χ2v) is 7.10. The summed E-state index contributed by atoms with van der Waals surface area (Å²) in [5.74, 6) is 0.578. The number of aromatic nitrogens is 2. The Bertz CT molecular complexity index is 484. The van der Waals surface area contributed by atoms with E-state index in [1.165, 1.54) is 19.3 Å². The molecule has 112 valence electrons. The second-order valence-electron chi connectivity index (χ2n) is 7.10. The third kappa shape index (κ3) is 3.05. The van der Waals surface area contributed by atoms with Gasteiger partial charge in [-0.15, -0.1) is 0 Å². The van der Waals surface area contributed by atoms with E-state index in [4.69, 9.17) is 0 Å². The smallest absolute Gasteiger partial charge is 0.254 e. The highest BCUT2D eigenvalue weighted by molar-refractivity contribution is 5.95. The van der Waals surface area contributed by atoms with Gasteiger partial charge in [-0.25, -0.2) is 0 Å². The van der Waals surface area contributed by atoms with E-state index >= 15 is 0 Å². The van der Waals surface area contributed by atoms with Gasteiger partial charge in [0.25, 0.3) is 5.91 Å². The zero-order chi connectivity index (χ0) is 14.9. The fourth-order valence-electron chi connectivity index (χ4n) is 3.31. The largest absolute Gasteiger partial charge is 0.349 e. The third-order valence-electron chi connectivity index (χ3n) is 4.67. The Balaban J connectivity index is 2.11. The van der Waals surface area contributed by atoms with Gasteiger partial charge in [0.15, 0.2) is 0 Å². The van der Waals surface area contributed by atoms with E-state index in [2.05, 4.69) is 31.2 Å². The van der Waals surface area contributed by atoms with Gasteiger partial charge in [0.05, 0.1) is 11.8 Å². The maximum atomic E-state index is 12.5. The Morgan fingerprint density at radius 3 is 2.55 bits per heavy atom. The van der Waals surface area contributed by atoms with Crippen LogP contribution in [0.25, 0.3) is 0 Å². The van der Waals surface area contributed by atoms with E-state index in [-0.39, 0.29) is 17.4 Å². The van der Waals surface area contributed by atoms with Gasteiger partial charge >= 0.3 is 0 Å². The lowest BCUT2D eigenvalue weighted by Gasteiger charge is -2.40. The van der Waals surface area contributed by atoms with Gasteiger partial charge in [-0.1, -0.05) is 33.6 Å². The highest BCUT2D eigenvalue weighted by Crippen LogP contribution is 2.38. The molecule has 1 heterocycles. The van der Waals surface area contributed by atoms with Crippen molar-refractivity contribution >= 4 is 5.91 Å².